The first-order valence-corrected chi connectivity index (χ1v) is 7.98. The van der Waals surface area contributed by atoms with E-state index in [2.05, 4.69) is 17.2 Å². The molecular weight excluding hydrogens is 406 g/mol. The molecule has 1 rings (SSSR count). The minimum absolute atomic E-state index is 0. The molecule has 0 spiro atoms. The molecule has 0 bridgehead atoms. The van der Waals surface area contributed by atoms with Crippen LogP contribution in [-0.2, 0) is 13.1 Å². The number of nitrogens with two attached hydrogens (primary N) is 1. The van der Waals surface area contributed by atoms with E-state index in [4.69, 9.17) is 5.73 Å². The van der Waals surface area contributed by atoms with Gasteiger partial charge in [0.1, 0.15) is 5.82 Å². The second-order valence-corrected chi connectivity index (χ2v) is 5.85. The predicted molar refractivity (Wildman–Crippen MR) is 107 cm³/mol. The highest BCUT2D eigenvalue weighted by atomic mass is 127. The molecule has 0 atom stereocenters. The smallest absolute Gasteiger partial charge is 0.188 e. The zero-order valence-corrected chi connectivity index (χ0v) is 16.8. The van der Waals surface area contributed by atoms with Crippen LogP contribution in [0, 0.1) is 5.82 Å². The minimum Gasteiger partial charge on any atom is -0.370 e. The van der Waals surface area contributed by atoms with Crippen LogP contribution in [0.15, 0.2) is 23.2 Å². The van der Waals surface area contributed by atoms with Crippen LogP contribution in [0.3, 0.4) is 0 Å². The zero-order chi connectivity index (χ0) is 16.4. The van der Waals surface area contributed by atoms with Crippen LogP contribution in [0.1, 0.15) is 43.7 Å². The van der Waals surface area contributed by atoms with E-state index in [1.807, 2.05) is 31.1 Å². The first-order chi connectivity index (χ1) is 10.5. The summed E-state index contributed by atoms with van der Waals surface area (Å²) in [6.07, 6.45) is 4.77. The van der Waals surface area contributed by atoms with Gasteiger partial charge in [0.2, 0.25) is 0 Å². The zero-order valence-electron chi connectivity index (χ0n) is 14.4. The number of halogens is 2. The van der Waals surface area contributed by atoms with Crippen LogP contribution in [-0.4, -0.2) is 31.5 Å². The number of hydrogen-bond acceptors (Lipinski definition) is 2. The van der Waals surface area contributed by atoms with Crippen LogP contribution >= 0.6 is 24.0 Å². The molecule has 0 saturated carbocycles. The number of hydrogen-bond donors (Lipinski definition) is 2. The number of benzene rings is 1. The highest BCUT2D eigenvalue weighted by molar-refractivity contribution is 14.0. The fourth-order valence-corrected chi connectivity index (χ4v) is 2.16. The second kappa shape index (κ2) is 12.5. The van der Waals surface area contributed by atoms with Gasteiger partial charge in [0, 0.05) is 18.7 Å². The normalized spacial score (nSPS) is 11.4. The van der Waals surface area contributed by atoms with Crippen LogP contribution in [0.5, 0.6) is 0 Å². The lowest BCUT2D eigenvalue weighted by molar-refractivity contribution is 0.392. The lowest BCUT2D eigenvalue weighted by Crippen LogP contribution is -2.32. The fourth-order valence-electron chi connectivity index (χ4n) is 2.16. The van der Waals surface area contributed by atoms with Gasteiger partial charge in [-0.25, -0.2) is 9.38 Å². The van der Waals surface area contributed by atoms with Gasteiger partial charge in [-0.1, -0.05) is 38.3 Å². The van der Waals surface area contributed by atoms with Gasteiger partial charge in [-0.05, 0) is 32.1 Å². The first-order valence-electron chi connectivity index (χ1n) is 7.98. The van der Waals surface area contributed by atoms with Gasteiger partial charge < -0.3 is 16.0 Å². The number of unbranched alkanes of at least 4 members (excludes halogenated alkanes) is 3. The Morgan fingerprint density at radius 3 is 2.61 bits per heavy atom. The summed E-state index contributed by atoms with van der Waals surface area (Å²) in [5.41, 5.74) is 7.33. The van der Waals surface area contributed by atoms with E-state index >= 15 is 0 Å². The lowest BCUT2D eigenvalue weighted by atomic mass is 10.1. The second-order valence-electron chi connectivity index (χ2n) is 5.85. The van der Waals surface area contributed by atoms with Gasteiger partial charge in [-0.15, -0.1) is 24.0 Å². The van der Waals surface area contributed by atoms with E-state index in [0.29, 0.717) is 24.6 Å². The molecule has 4 nitrogen and oxygen atoms in total. The van der Waals surface area contributed by atoms with E-state index in [-0.39, 0.29) is 29.8 Å². The van der Waals surface area contributed by atoms with Crippen molar-refractivity contribution in [3.05, 3.63) is 35.1 Å². The van der Waals surface area contributed by atoms with Crippen LogP contribution in [0.25, 0.3) is 0 Å². The summed E-state index contributed by atoms with van der Waals surface area (Å²) in [5.74, 6) is 0.238. The molecule has 1 aromatic carbocycles. The average molecular weight is 436 g/mol. The van der Waals surface area contributed by atoms with Crippen molar-refractivity contribution in [1.82, 2.24) is 10.2 Å². The Labute approximate surface area is 156 Å². The minimum atomic E-state index is -0.188. The van der Waals surface area contributed by atoms with Crippen molar-refractivity contribution in [1.29, 1.82) is 0 Å². The van der Waals surface area contributed by atoms with Gasteiger partial charge >= 0.3 is 0 Å². The maximum atomic E-state index is 13.9. The summed E-state index contributed by atoms with van der Waals surface area (Å²) in [6.45, 7) is 4.02. The Balaban J connectivity index is 0.00000484. The van der Waals surface area contributed by atoms with Gasteiger partial charge in [0.05, 0.1) is 6.54 Å². The molecule has 1 aromatic rings. The molecule has 0 radical (unpaired) electrons. The molecule has 23 heavy (non-hydrogen) atoms. The monoisotopic (exact) mass is 436 g/mol. The van der Waals surface area contributed by atoms with Crippen molar-refractivity contribution in [3.63, 3.8) is 0 Å². The molecule has 3 N–H and O–H groups in total. The Kier molecular flexibility index (Phi) is 12.0. The Bertz CT molecular complexity index is 478. The fraction of sp³-hybridized carbons (Fsp3) is 0.588. The van der Waals surface area contributed by atoms with Crippen molar-refractivity contribution in [2.45, 2.75) is 45.7 Å². The molecule has 0 aliphatic rings. The lowest BCUT2D eigenvalue weighted by Gasteiger charge is -2.11. The molecule has 0 saturated heterocycles. The van der Waals surface area contributed by atoms with E-state index in [1.165, 1.54) is 25.3 Å². The van der Waals surface area contributed by atoms with Crippen molar-refractivity contribution < 1.29 is 4.39 Å². The van der Waals surface area contributed by atoms with E-state index < -0.39 is 0 Å². The number of nitrogens with one attached hydrogen (secondary N) is 1. The number of guanidine groups is 1. The molecule has 0 fully saturated rings. The van der Waals surface area contributed by atoms with Crippen LogP contribution in [0.4, 0.5) is 4.39 Å². The summed E-state index contributed by atoms with van der Waals surface area (Å²) in [4.78, 5) is 6.19. The van der Waals surface area contributed by atoms with E-state index in [9.17, 15) is 4.39 Å². The van der Waals surface area contributed by atoms with E-state index in [1.54, 1.807) is 0 Å². The third-order valence-corrected chi connectivity index (χ3v) is 3.37. The number of rotatable bonds is 9. The summed E-state index contributed by atoms with van der Waals surface area (Å²) < 4.78 is 13.9. The Morgan fingerprint density at radius 1 is 1.26 bits per heavy atom. The topological polar surface area (TPSA) is 53.6 Å². The summed E-state index contributed by atoms with van der Waals surface area (Å²) in [6, 6.07) is 5.26. The summed E-state index contributed by atoms with van der Waals surface area (Å²) >= 11 is 0. The van der Waals surface area contributed by atoms with Crippen molar-refractivity contribution in [3.8, 4) is 0 Å². The molecule has 132 valence electrons. The van der Waals surface area contributed by atoms with Gasteiger partial charge in [0.25, 0.3) is 0 Å². The maximum absolute atomic E-state index is 13.9. The molecule has 0 unspecified atom stereocenters. The third-order valence-electron chi connectivity index (χ3n) is 3.37. The largest absolute Gasteiger partial charge is 0.370 e. The first kappa shape index (κ1) is 22.1. The SMILES string of the molecule is CCCCCCNC(N)=NCc1ccc(CN(C)C)c(F)c1.I. The predicted octanol–water partition coefficient (Wildman–Crippen LogP) is 3.49. The Morgan fingerprint density at radius 2 is 2.00 bits per heavy atom. The highest BCUT2D eigenvalue weighted by Crippen LogP contribution is 2.12. The van der Waals surface area contributed by atoms with Gasteiger partial charge in [0.15, 0.2) is 5.96 Å². The molecule has 0 aliphatic carbocycles. The highest BCUT2D eigenvalue weighted by Gasteiger charge is 2.04. The molecule has 0 amide bonds. The van der Waals surface area contributed by atoms with Crippen LogP contribution in [0.2, 0.25) is 0 Å². The van der Waals surface area contributed by atoms with Crippen molar-refractivity contribution in [2.75, 3.05) is 20.6 Å². The molecular formula is C17H30FIN4. The number of nitrogens with zero attached hydrogens (tertiary/aromatic N) is 2. The standard InChI is InChI=1S/C17H29FN4.HI/c1-4-5-6-7-10-20-17(19)21-12-14-8-9-15(13-22(2)3)16(18)11-14;/h8-9,11H,4-7,10,12-13H2,1-3H3,(H3,19,20,21);1H. The molecule has 6 heteroatoms. The Hall–Kier alpha value is -0.890. The number of aliphatic imine (C=N–C) groups is 1. The summed E-state index contributed by atoms with van der Waals surface area (Å²) in [5, 5.41) is 3.09. The average Bonchev–Trinajstić information content (AvgIpc) is 2.47. The summed E-state index contributed by atoms with van der Waals surface area (Å²) in [7, 11) is 3.84. The maximum Gasteiger partial charge on any atom is 0.188 e. The quantitative estimate of drug-likeness (QED) is 0.270. The van der Waals surface area contributed by atoms with Crippen molar-refractivity contribution >= 4 is 29.9 Å². The van der Waals surface area contributed by atoms with Gasteiger partial charge in [-0.3, -0.25) is 0 Å². The van der Waals surface area contributed by atoms with Crippen LogP contribution < -0.4 is 11.1 Å². The van der Waals surface area contributed by atoms with Gasteiger partial charge in [-0.2, -0.15) is 0 Å². The van der Waals surface area contributed by atoms with Crippen molar-refractivity contribution in [2.24, 2.45) is 10.7 Å². The molecule has 0 aliphatic heterocycles. The van der Waals surface area contributed by atoms with E-state index in [0.717, 1.165) is 18.5 Å². The third kappa shape index (κ3) is 9.76. The molecule has 0 heterocycles. The molecule has 0 aromatic heterocycles.